The van der Waals surface area contributed by atoms with Crippen molar-refractivity contribution in [2.45, 2.75) is 0 Å². The molecule has 0 spiro atoms. The molecule has 1 aliphatic heterocycles. The number of anilines is 1. The Bertz CT molecular complexity index is 718. The molecular formula is C18H18N2O4. The number of hydrogen-bond acceptors (Lipinski definition) is 4. The van der Waals surface area contributed by atoms with Gasteiger partial charge in [0.15, 0.2) is 6.61 Å². The minimum Gasteiger partial charge on any atom is -0.490 e. The van der Waals surface area contributed by atoms with Crippen LogP contribution in [0.15, 0.2) is 54.6 Å². The van der Waals surface area contributed by atoms with Crippen LogP contribution in [0.2, 0.25) is 0 Å². The second-order valence-electron chi connectivity index (χ2n) is 5.24. The van der Waals surface area contributed by atoms with Crippen molar-refractivity contribution < 1.29 is 19.1 Å². The summed E-state index contributed by atoms with van der Waals surface area (Å²) in [5.41, 5.74) is 0.725. The Hall–Kier alpha value is -3.02. The van der Waals surface area contributed by atoms with Gasteiger partial charge < -0.3 is 19.7 Å². The molecule has 0 saturated heterocycles. The van der Waals surface area contributed by atoms with E-state index in [2.05, 4.69) is 5.32 Å². The predicted octanol–water partition coefficient (Wildman–Crippen LogP) is 1.61. The van der Waals surface area contributed by atoms with Crippen LogP contribution in [0.5, 0.6) is 11.5 Å². The summed E-state index contributed by atoms with van der Waals surface area (Å²) in [6, 6.07) is 16.4. The highest BCUT2D eigenvalue weighted by Crippen LogP contribution is 2.30. The number of carbonyl (C=O) groups is 2. The number of nitrogens with zero attached hydrogens (tertiary/aromatic N) is 1. The second kappa shape index (κ2) is 7.50. The first-order valence-electron chi connectivity index (χ1n) is 7.71. The normalized spacial score (nSPS) is 12.8. The predicted molar refractivity (Wildman–Crippen MR) is 89.2 cm³/mol. The molecule has 0 atom stereocenters. The van der Waals surface area contributed by atoms with Crippen LogP contribution < -0.4 is 19.7 Å². The first-order chi connectivity index (χ1) is 11.7. The summed E-state index contributed by atoms with van der Waals surface area (Å²) >= 11 is 0. The van der Waals surface area contributed by atoms with Gasteiger partial charge in [-0.2, -0.15) is 0 Å². The number of nitrogens with one attached hydrogen (secondary N) is 1. The molecule has 124 valence electrons. The molecule has 0 saturated carbocycles. The average Bonchev–Trinajstić information content (AvgIpc) is 2.64. The Morgan fingerprint density at radius 3 is 2.67 bits per heavy atom. The van der Waals surface area contributed by atoms with Crippen LogP contribution in [0.3, 0.4) is 0 Å². The molecule has 0 unspecified atom stereocenters. The first-order valence-corrected chi connectivity index (χ1v) is 7.71. The highest BCUT2D eigenvalue weighted by molar-refractivity contribution is 5.98. The Balaban J connectivity index is 1.50. The smallest absolute Gasteiger partial charge is 0.258 e. The van der Waals surface area contributed by atoms with E-state index in [1.165, 1.54) is 0 Å². The Kier molecular flexibility index (Phi) is 4.96. The SMILES string of the molecule is O=C(COc1ccccc1)NCC(=O)N1CCOc2ccccc21. The van der Waals surface area contributed by atoms with Crippen LogP contribution in [0.4, 0.5) is 5.69 Å². The maximum absolute atomic E-state index is 12.4. The molecule has 6 nitrogen and oxygen atoms in total. The van der Waals surface area contributed by atoms with E-state index in [0.29, 0.717) is 24.7 Å². The molecule has 2 aromatic rings. The minimum absolute atomic E-state index is 0.0781. The van der Waals surface area contributed by atoms with Gasteiger partial charge in [-0.15, -0.1) is 0 Å². The molecule has 0 aromatic heterocycles. The third kappa shape index (κ3) is 3.84. The van der Waals surface area contributed by atoms with Gasteiger partial charge in [0.05, 0.1) is 18.8 Å². The molecule has 1 aliphatic rings. The van der Waals surface area contributed by atoms with Crippen molar-refractivity contribution in [3.8, 4) is 11.5 Å². The van der Waals surface area contributed by atoms with E-state index in [1.807, 2.05) is 42.5 Å². The van der Waals surface area contributed by atoms with Crippen LogP contribution >= 0.6 is 0 Å². The van der Waals surface area contributed by atoms with Crippen LogP contribution in [-0.4, -0.2) is 38.1 Å². The Morgan fingerprint density at radius 2 is 1.83 bits per heavy atom. The lowest BCUT2D eigenvalue weighted by molar-refractivity contribution is -0.126. The summed E-state index contributed by atoms with van der Waals surface area (Å²) in [5.74, 6) is 0.768. The van der Waals surface area contributed by atoms with Crippen molar-refractivity contribution in [2.75, 3.05) is 31.2 Å². The van der Waals surface area contributed by atoms with E-state index >= 15 is 0 Å². The van der Waals surface area contributed by atoms with Gasteiger partial charge in [-0.1, -0.05) is 30.3 Å². The van der Waals surface area contributed by atoms with Gasteiger partial charge in [0.25, 0.3) is 5.91 Å². The number of hydrogen-bond donors (Lipinski definition) is 1. The van der Waals surface area contributed by atoms with Gasteiger partial charge in [-0.05, 0) is 24.3 Å². The first kappa shape index (κ1) is 15.9. The van der Waals surface area contributed by atoms with Crippen LogP contribution in [0, 0.1) is 0 Å². The van der Waals surface area contributed by atoms with Crippen molar-refractivity contribution >= 4 is 17.5 Å². The van der Waals surface area contributed by atoms with E-state index in [9.17, 15) is 9.59 Å². The molecule has 1 heterocycles. The zero-order chi connectivity index (χ0) is 16.8. The lowest BCUT2D eigenvalue weighted by Gasteiger charge is -2.29. The Morgan fingerprint density at radius 1 is 1.08 bits per heavy atom. The number of carbonyl (C=O) groups excluding carboxylic acids is 2. The summed E-state index contributed by atoms with van der Waals surface area (Å²) in [4.78, 5) is 25.8. The number of ether oxygens (including phenoxy) is 2. The molecule has 2 aromatic carbocycles. The van der Waals surface area contributed by atoms with Crippen LogP contribution in [0.25, 0.3) is 0 Å². The van der Waals surface area contributed by atoms with Gasteiger partial charge in [-0.3, -0.25) is 9.59 Å². The summed E-state index contributed by atoms with van der Waals surface area (Å²) in [5, 5.41) is 2.58. The molecule has 6 heteroatoms. The average molecular weight is 326 g/mol. The van der Waals surface area contributed by atoms with Gasteiger partial charge >= 0.3 is 0 Å². The molecule has 1 N–H and O–H groups in total. The fourth-order valence-electron chi connectivity index (χ4n) is 2.41. The number of para-hydroxylation sites is 3. The zero-order valence-electron chi connectivity index (χ0n) is 13.1. The number of fused-ring (bicyclic) bond motifs is 1. The molecule has 0 fully saturated rings. The fourth-order valence-corrected chi connectivity index (χ4v) is 2.41. The van der Waals surface area contributed by atoms with E-state index in [-0.39, 0.29) is 25.0 Å². The molecule has 2 amide bonds. The molecule has 3 rings (SSSR count). The Labute approximate surface area is 140 Å². The second-order valence-corrected chi connectivity index (χ2v) is 5.24. The van der Waals surface area contributed by atoms with E-state index in [0.717, 1.165) is 5.69 Å². The fraction of sp³-hybridized carbons (Fsp3) is 0.222. The topological polar surface area (TPSA) is 67.9 Å². The van der Waals surface area contributed by atoms with E-state index in [1.54, 1.807) is 17.0 Å². The highest BCUT2D eigenvalue weighted by Gasteiger charge is 2.23. The highest BCUT2D eigenvalue weighted by atomic mass is 16.5. The van der Waals surface area contributed by atoms with Crippen molar-refractivity contribution in [3.05, 3.63) is 54.6 Å². The minimum atomic E-state index is -0.339. The summed E-state index contributed by atoms with van der Waals surface area (Å²) in [7, 11) is 0. The number of benzene rings is 2. The van der Waals surface area contributed by atoms with Crippen molar-refractivity contribution in [1.82, 2.24) is 5.32 Å². The van der Waals surface area contributed by atoms with Gasteiger partial charge in [-0.25, -0.2) is 0 Å². The molecule has 0 radical (unpaired) electrons. The van der Waals surface area contributed by atoms with Crippen LogP contribution in [0.1, 0.15) is 0 Å². The van der Waals surface area contributed by atoms with Gasteiger partial charge in [0.1, 0.15) is 18.1 Å². The van der Waals surface area contributed by atoms with Crippen molar-refractivity contribution in [2.24, 2.45) is 0 Å². The van der Waals surface area contributed by atoms with Gasteiger partial charge in [0, 0.05) is 0 Å². The number of rotatable bonds is 5. The van der Waals surface area contributed by atoms with Crippen LogP contribution in [-0.2, 0) is 9.59 Å². The number of amides is 2. The summed E-state index contributed by atoms with van der Waals surface area (Å²) in [6.07, 6.45) is 0. The standard InChI is InChI=1S/C18H18N2O4/c21-17(13-24-14-6-2-1-3-7-14)19-12-18(22)20-10-11-23-16-9-5-4-8-15(16)20/h1-9H,10-13H2,(H,19,21). The molecule has 0 bridgehead atoms. The van der Waals surface area contributed by atoms with E-state index in [4.69, 9.17) is 9.47 Å². The zero-order valence-corrected chi connectivity index (χ0v) is 13.1. The van der Waals surface area contributed by atoms with Gasteiger partial charge in [0.2, 0.25) is 5.91 Å². The molecule has 24 heavy (non-hydrogen) atoms. The summed E-state index contributed by atoms with van der Waals surface area (Å²) < 4.78 is 10.9. The lowest BCUT2D eigenvalue weighted by atomic mass is 10.2. The van der Waals surface area contributed by atoms with Crippen molar-refractivity contribution in [3.63, 3.8) is 0 Å². The van der Waals surface area contributed by atoms with E-state index < -0.39 is 0 Å². The maximum atomic E-state index is 12.4. The maximum Gasteiger partial charge on any atom is 0.258 e. The summed E-state index contributed by atoms with van der Waals surface area (Å²) in [6.45, 7) is 0.697. The lowest BCUT2D eigenvalue weighted by Crippen LogP contribution is -2.44. The molecular weight excluding hydrogens is 308 g/mol. The third-order valence-corrected chi connectivity index (χ3v) is 3.58. The monoisotopic (exact) mass is 326 g/mol. The largest absolute Gasteiger partial charge is 0.490 e. The molecule has 0 aliphatic carbocycles. The third-order valence-electron chi connectivity index (χ3n) is 3.58. The quantitative estimate of drug-likeness (QED) is 0.906. The van der Waals surface area contributed by atoms with Crippen molar-refractivity contribution in [1.29, 1.82) is 0 Å².